The molecule has 0 atom stereocenters. The van der Waals surface area contributed by atoms with E-state index in [-0.39, 0.29) is 0 Å². The lowest BCUT2D eigenvalue weighted by molar-refractivity contribution is 0.154. The summed E-state index contributed by atoms with van der Waals surface area (Å²) in [5.74, 6) is 2.65. The van der Waals surface area contributed by atoms with E-state index in [0.717, 1.165) is 61.8 Å². The molecular formula is C20H30N6OS. The van der Waals surface area contributed by atoms with Crippen LogP contribution < -0.4 is 16.2 Å². The minimum Gasteiger partial charge on any atom is -0.496 e. The van der Waals surface area contributed by atoms with Crippen molar-refractivity contribution in [2.45, 2.75) is 18.0 Å². The van der Waals surface area contributed by atoms with Crippen molar-refractivity contribution in [2.24, 2.45) is 0 Å². The van der Waals surface area contributed by atoms with E-state index < -0.39 is 0 Å². The van der Waals surface area contributed by atoms with Crippen LogP contribution >= 0.6 is 11.8 Å². The zero-order chi connectivity index (χ0) is 19.9. The van der Waals surface area contributed by atoms with Gasteiger partial charge >= 0.3 is 0 Å². The van der Waals surface area contributed by atoms with Crippen LogP contribution in [0.3, 0.4) is 0 Å². The van der Waals surface area contributed by atoms with Crippen LogP contribution in [-0.4, -0.2) is 72.4 Å². The van der Waals surface area contributed by atoms with Crippen LogP contribution in [0.1, 0.15) is 17.5 Å². The van der Waals surface area contributed by atoms with Gasteiger partial charge in [-0.15, -0.1) is 0 Å². The minimum atomic E-state index is 0.444. The molecule has 1 aliphatic heterocycles. The van der Waals surface area contributed by atoms with Crippen LogP contribution in [0, 0.1) is 0 Å². The van der Waals surface area contributed by atoms with E-state index in [0.29, 0.717) is 23.2 Å². The Kier molecular flexibility index (Phi) is 7.36. The van der Waals surface area contributed by atoms with Gasteiger partial charge in [-0.3, -0.25) is 0 Å². The zero-order valence-electron chi connectivity index (χ0n) is 16.7. The lowest BCUT2D eigenvalue weighted by Crippen LogP contribution is -2.44. The number of para-hydroxylation sites is 1. The molecule has 0 radical (unpaired) electrons. The van der Waals surface area contributed by atoms with E-state index in [1.807, 2.05) is 24.3 Å². The standard InChI is InChI=1S/C20H30N6OS/c1-25-9-11-26(12-10-25)8-5-13-28-20-23-18(21)16(19(22)24-20)14-15-6-3-4-7-17(15)27-2/h3-4,6-7H,5,8-14H2,1-2H3,(H4,21,22,23,24). The van der Waals surface area contributed by atoms with E-state index in [9.17, 15) is 0 Å². The number of nitrogen functional groups attached to an aromatic ring is 2. The molecule has 1 aromatic carbocycles. The van der Waals surface area contributed by atoms with Crippen LogP contribution in [-0.2, 0) is 6.42 Å². The first-order valence-corrected chi connectivity index (χ1v) is 10.6. The van der Waals surface area contributed by atoms with E-state index in [4.69, 9.17) is 16.2 Å². The Morgan fingerprint density at radius 3 is 2.43 bits per heavy atom. The molecule has 8 heteroatoms. The number of piperazine rings is 1. The maximum absolute atomic E-state index is 6.20. The van der Waals surface area contributed by atoms with Gasteiger partial charge in [0.25, 0.3) is 0 Å². The number of ether oxygens (including phenoxy) is 1. The number of rotatable bonds is 8. The van der Waals surface area contributed by atoms with Crippen molar-refractivity contribution in [3.05, 3.63) is 35.4 Å². The lowest BCUT2D eigenvalue weighted by Gasteiger charge is -2.32. The van der Waals surface area contributed by atoms with Gasteiger partial charge in [0.2, 0.25) is 0 Å². The minimum absolute atomic E-state index is 0.444. The van der Waals surface area contributed by atoms with Crippen LogP contribution in [0.2, 0.25) is 0 Å². The number of thioether (sulfide) groups is 1. The molecule has 2 aromatic rings. The second-order valence-electron chi connectivity index (χ2n) is 7.09. The Balaban J connectivity index is 1.54. The quantitative estimate of drug-likeness (QED) is 0.393. The molecule has 2 heterocycles. The third-order valence-electron chi connectivity index (χ3n) is 5.06. The van der Waals surface area contributed by atoms with Crippen molar-refractivity contribution in [1.82, 2.24) is 19.8 Å². The van der Waals surface area contributed by atoms with Crippen LogP contribution in [0.4, 0.5) is 11.6 Å². The van der Waals surface area contributed by atoms with Crippen molar-refractivity contribution >= 4 is 23.4 Å². The number of anilines is 2. The molecule has 3 rings (SSSR count). The average Bonchev–Trinajstić information content (AvgIpc) is 2.69. The predicted molar refractivity (Wildman–Crippen MR) is 116 cm³/mol. The number of aromatic nitrogens is 2. The molecule has 152 valence electrons. The van der Waals surface area contributed by atoms with Crippen molar-refractivity contribution in [1.29, 1.82) is 0 Å². The number of likely N-dealkylation sites (N-methyl/N-ethyl adjacent to an activating group) is 1. The van der Waals surface area contributed by atoms with Gasteiger partial charge in [-0.1, -0.05) is 30.0 Å². The van der Waals surface area contributed by atoms with Crippen molar-refractivity contribution in [3.63, 3.8) is 0 Å². The first-order valence-electron chi connectivity index (χ1n) is 9.64. The number of hydrogen-bond acceptors (Lipinski definition) is 8. The molecular weight excluding hydrogens is 372 g/mol. The number of benzene rings is 1. The highest BCUT2D eigenvalue weighted by Gasteiger charge is 2.15. The fourth-order valence-corrected chi connectivity index (χ4v) is 4.09. The second kappa shape index (κ2) is 9.95. The Morgan fingerprint density at radius 1 is 1.07 bits per heavy atom. The van der Waals surface area contributed by atoms with Gasteiger partial charge in [-0.05, 0) is 31.6 Å². The number of nitrogens with two attached hydrogens (primary N) is 2. The molecule has 0 bridgehead atoms. The number of hydrogen-bond donors (Lipinski definition) is 2. The van der Waals surface area contributed by atoms with Gasteiger partial charge in [0.05, 0.1) is 7.11 Å². The zero-order valence-corrected chi connectivity index (χ0v) is 17.5. The average molecular weight is 403 g/mol. The van der Waals surface area contributed by atoms with Crippen LogP contribution in [0.5, 0.6) is 5.75 Å². The summed E-state index contributed by atoms with van der Waals surface area (Å²) in [4.78, 5) is 13.8. The Hall–Kier alpha value is -2.03. The fraction of sp³-hybridized carbons (Fsp3) is 0.500. The number of methoxy groups -OCH3 is 1. The van der Waals surface area contributed by atoms with Crippen molar-refractivity contribution in [3.8, 4) is 5.75 Å². The Bertz CT molecular complexity index is 756. The molecule has 0 amide bonds. The highest BCUT2D eigenvalue weighted by molar-refractivity contribution is 7.99. The smallest absolute Gasteiger partial charge is 0.191 e. The molecule has 1 fully saturated rings. The molecule has 0 saturated carbocycles. The monoisotopic (exact) mass is 402 g/mol. The van der Waals surface area contributed by atoms with Gasteiger partial charge in [-0.25, -0.2) is 9.97 Å². The van der Waals surface area contributed by atoms with Gasteiger partial charge in [0.15, 0.2) is 5.16 Å². The normalized spacial score (nSPS) is 15.6. The van der Waals surface area contributed by atoms with Gasteiger partial charge in [0.1, 0.15) is 17.4 Å². The van der Waals surface area contributed by atoms with E-state index in [1.54, 1.807) is 18.9 Å². The second-order valence-corrected chi connectivity index (χ2v) is 8.15. The molecule has 0 aliphatic carbocycles. The van der Waals surface area contributed by atoms with Crippen LogP contribution in [0.25, 0.3) is 0 Å². The number of nitrogens with zero attached hydrogens (tertiary/aromatic N) is 4. The summed E-state index contributed by atoms with van der Waals surface area (Å²) in [6.45, 7) is 5.70. The van der Waals surface area contributed by atoms with Gasteiger partial charge in [-0.2, -0.15) is 0 Å². The summed E-state index contributed by atoms with van der Waals surface area (Å²) >= 11 is 1.62. The van der Waals surface area contributed by atoms with E-state index >= 15 is 0 Å². The summed E-state index contributed by atoms with van der Waals surface area (Å²) in [6, 6.07) is 7.83. The highest BCUT2D eigenvalue weighted by atomic mass is 32.2. The van der Waals surface area contributed by atoms with Crippen LogP contribution in [0.15, 0.2) is 29.4 Å². The summed E-state index contributed by atoms with van der Waals surface area (Å²) in [5, 5.41) is 0.650. The summed E-state index contributed by atoms with van der Waals surface area (Å²) < 4.78 is 5.41. The molecule has 7 nitrogen and oxygen atoms in total. The first kappa shape index (κ1) is 20.7. The van der Waals surface area contributed by atoms with Gasteiger partial charge < -0.3 is 26.0 Å². The highest BCUT2D eigenvalue weighted by Crippen LogP contribution is 2.27. The topological polar surface area (TPSA) is 93.5 Å². The Morgan fingerprint density at radius 2 is 1.75 bits per heavy atom. The predicted octanol–water partition coefficient (Wildman–Crippen LogP) is 1.97. The molecule has 0 spiro atoms. The first-order chi connectivity index (χ1) is 13.6. The molecule has 28 heavy (non-hydrogen) atoms. The summed E-state index contributed by atoms with van der Waals surface area (Å²) in [7, 11) is 3.83. The molecule has 4 N–H and O–H groups in total. The SMILES string of the molecule is COc1ccccc1Cc1c(N)nc(SCCCN2CCN(C)CC2)nc1N. The van der Waals surface area contributed by atoms with Crippen molar-refractivity contribution < 1.29 is 4.74 Å². The van der Waals surface area contributed by atoms with E-state index in [1.165, 1.54) is 0 Å². The maximum atomic E-state index is 6.20. The molecule has 1 aliphatic rings. The van der Waals surface area contributed by atoms with E-state index in [2.05, 4.69) is 26.8 Å². The lowest BCUT2D eigenvalue weighted by atomic mass is 10.1. The summed E-state index contributed by atoms with van der Waals surface area (Å²) in [5.41, 5.74) is 14.2. The largest absolute Gasteiger partial charge is 0.496 e. The molecule has 1 aromatic heterocycles. The fourth-order valence-electron chi connectivity index (χ4n) is 3.31. The maximum Gasteiger partial charge on any atom is 0.191 e. The summed E-state index contributed by atoms with van der Waals surface area (Å²) in [6.07, 6.45) is 1.65. The molecule has 1 saturated heterocycles. The third-order valence-corrected chi connectivity index (χ3v) is 5.99. The Labute approximate surface area is 171 Å². The van der Waals surface area contributed by atoms with Gasteiger partial charge in [0, 0.05) is 43.9 Å². The third kappa shape index (κ3) is 5.50. The molecule has 0 unspecified atom stereocenters. The van der Waals surface area contributed by atoms with Crippen molar-refractivity contribution in [2.75, 3.05) is 64.1 Å².